The minimum absolute atomic E-state index is 0.0257. The third kappa shape index (κ3) is 5.18. The number of aromatic nitrogens is 3. The van der Waals surface area contributed by atoms with Crippen molar-refractivity contribution < 1.29 is 4.79 Å². The second-order valence-electron chi connectivity index (χ2n) is 4.67. The summed E-state index contributed by atoms with van der Waals surface area (Å²) in [6, 6.07) is 7.40. The van der Waals surface area contributed by atoms with Gasteiger partial charge in [-0.05, 0) is 30.2 Å². The van der Waals surface area contributed by atoms with E-state index < -0.39 is 0 Å². The molecule has 6 nitrogen and oxygen atoms in total. The number of hydrogen-bond donors (Lipinski definition) is 2. The fraction of sp³-hybridized carbons (Fsp3) is 0.333. The van der Waals surface area contributed by atoms with Crippen molar-refractivity contribution in [1.29, 1.82) is 0 Å². The van der Waals surface area contributed by atoms with Crippen LogP contribution in [0.4, 0.5) is 11.6 Å². The monoisotopic (exact) mass is 285 g/mol. The molecular formula is C15H19N5O. The molecule has 0 saturated heterocycles. The van der Waals surface area contributed by atoms with Crippen LogP contribution in [0.5, 0.6) is 0 Å². The van der Waals surface area contributed by atoms with Gasteiger partial charge < -0.3 is 10.6 Å². The summed E-state index contributed by atoms with van der Waals surface area (Å²) < 4.78 is 0. The van der Waals surface area contributed by atoms with Crippen LogP contribution in [-0.2, 0) is 11.3 Å². The number of rotatable bonds is 7. The van der Waals surface area contributed by atoms with E-state index in [9.17, 15) is 4.79 Å². The molecule has 0 bridgehead atoms. The number of nitrogens with one attached hydrogen (secondary N) is 2. The van der Waals surface area contributed by atoms with Crippen LogP contribution in [0.1, 0.15) is 31.7 Å². The normalized spacial score (nSPS) is 10.1. The quantitative estimate of drug-likeness (QED) is 0.817. The van der Waals surface area contributed by atoms with Crippen LogP contribution >= 0.6 is 0 Å². The molecule has 2 heterocycles. The Morgan fingerprint density at radius 2 is 2.00 bits per heavy atom. The number of anilines is 2. The zero-order valence-electron chi connectivity index (χ0n) is 12.0. The summed E-state index contributed by atoms with van der Waals surface area (Å²) in [5.74, 6) is 1.11. The van der Waals surface area contributed by atoms with E-state index in [0.717, 1.165) is 18.4 Å². The van der Waals surface area contributed by atoms with E-state index in [4.69, 9.17) is 0 Å². The lowest BCUT2D eigenvalue weighted by Gasteiger charge is -2.06. The Morgan fingerprint density at radius 1 is 1.19 bits per heavy atom. The molecule has 0 aliphatic carbocycles. The summed E-state index contributed by atoms with van der Waals surface area (Å²) in [4.78, 5) is 15.6. The van der Waals surface area contributed by atoms with Gasteiger partial charge in [0.05, 0.1) is 0 Å². The first-order valence-corrected chi connectivity index (χ1v) is 7.04. The fourth-order valence-electron chi connectivity index (χ4n) is 1.73. The van der Waals surface area contributed by atoms with Crippen molar-refractivity contribution in [3.63, 3.8) is 0 Å². The molecule has 1 amide bonds. The van der Waals surface area contributed by atoms with Crippen molar-refractivity contribution in [2.24, 2.45) is 0 Å². The molecule has 0 aliphatic rings. The van der Waals surface area contributed by atoms with Crippen LogP contribution in [-0.4, -0.2) is 21.1 Å². The maximum absolute atomic E-state index is 11.6. The molecule has 21 heavy (non-hydrogen) atoms. The molecular weight excluding hydrogens is 266 g/mol. The zero-order valence-corrected chi connectivity index (χ0v) is 12.0. The maximum Gasteiger partial charge on any atom is 0.225 e. The Bertz CT molecular complexity index is 556. The van der Waals surface area contributed by atoms with Gasteiger partial charge in [-0.3, -0.25) is 9.78 Å². The molecule has 0 aliphatic heterocycles. The highest BCUT2D eigenvalue weighted by Gasteiger charge is 2.03. The highest BCUT2D eigenvalue weighted by atomic mass is 16.1. The van der Waals surface area contributed by atoms with Crippen LogP contribution in [0, 0.1) is 0 Å². The summed E-state index contributed by atoms with van der Waals surface area (Å²) >= 11 is 0. The van der Waals surface area contributed by atoms with E-state index in [0.29, 0.717) is 24.6 Å². The van der Waals surface area contributed by atoms with Crippen molar-refractivity contribution in [2.45, 2.75) is 32.7 Å². The Labute approximate surface area is 124 Å². The molecule has 2 aromatic rings. The largest absolute Gasteiger partial charge is 0.364 e. The molecule has 2 aromatic heterocycles. The van der Waals surface area contributed by atoms with Gasteiger partial charge in [0.15, 0.2) is 5.82 Å². The van der Waals surface area contributed by atoms with Gasteiger partial charge in [-0.1, -0.05) is 19.4 Å². The summed E-state index contributed by atoms with van der Waals surface area (Å²) in [6.45, 7) is 2.68. The Hall–Kier alpha value is -2.50. The number of pyridine rings is 1. The molecule has 2 rings (SSSR count). The van der Waals surface area contributed by atoms with Gasteiger partial charge in [0.25, 0.3) is 0 Å². The van der Waals surface area contributed by atoms with Gasteiger partial charge in [-0.25, -0.2) is 0 Å². The van der Waals surface area contributed by atoms with Crippen molar-refractivity contribution >= 4 is 17.5 Å². The van der Waals surface area contributed by atoms with E-state index >= 15 is 0 Å². The predicted octanol–water partition coefficient (Wildman–Crippen LogP) is 2.61. The van der Waals surface area contributed by atoms with Crippen molar-refractivity contribution in [1.82, 2.24) is 15.2 Å². The molecule has 110 valence electrons. The third-order valence-electron chi connectivity index (χ3n) is 2.89. The highest BCUT2D eigenvalue weighted by Crippen LogP contribution is 2.08. The first-order chi connectivity index (χ1) is 10.3. The number of nitrogens with zero attached hydrogens (tertiary/aromatic N) is 3. The number of hydrogen-bond acceptors (Lipinski definition) is 5. The lowest BCUT2D eigenvalue weighted by Crippen LogP contribution is -2.13. The van der Waals surface area contributed by atoms with Gasteiger partial charge in [-0.2, -0.15) is 0 Å². The summed E-state index contributed by atoms with van der Waals surface area (Å²) in [7, 11) is 0. The summed E-state index contributed by atoms with van der Waals surface area (Å²) in [5.41, 5.74) is 1.07. The minimum atomic E-state index is -0.0257. The molecule has 0 atom stereocenters. The topological polar surface area (TPSA) is 79.8 Å². The van der Waals surface area contributed by atoms with E-state index in [-0.39, 0.29) is 5.91 Å². The molecule has 0 fully saturated rings. The molecule has 0 aromatic carbocycles. The Kier molecular flexibility index (Phi) is 5.63. The van der Waals surface area contributed by atoms with Crippen molar-refractivity contribution in [3.8, 4) is 0 Å². The first kappa shape index (κ1) is 14.9. The SMILES string of the molecule is CCCCC(=O)Nc1ccc(NCc2cccnc2)nn1. The Morgan fingerprint density at radius 3 is 2.67 bits per heavy atom. The molecule has 0 radical (unpaired) electrons. The number of unbranched alkanes of at least 4 members (excludes halogenated alkanes) is 1. The van der Waals surface area contributed by atoms with E-state index in [1.165, 1.54) is 0 Å². The van der Waals surface area contributed by atoms with Gasteiger partial charge in [0.2, 0.25) is 5.91 Å². The maximum atomic E-state index is 11.6. The first-order valence-electron chi connectivity index (χ1n) is 7.04. The summed E-state index contributed by atoms with van der Waals surface area (Å²) in [6.07, 6.45) is 5.92. The lowest BCUT2D eigenvalue weighted by molar-refractivity contribution is -0.116. The number of amides is 1. The smallest absolute Gasteiger partial charge is 0.225 e. The highest BCUT2D eigenvalue weighted by molar-refractivity contribution is 5.89. The van der Waals surface area contributed by atoms with Crippen LogP contribution in [0.15, 0.2) is 36.7 Å². The number of carbonyl (C=O) groups excluding carboxylic acids is 1. The van der Waals surface area contributed by atoms with Crippen LogP contribution in [0.25, 0.3) is 0 Å². The van der Waals surface area contributed by atoms with Gasteiger partial charge in [0.1, 0.15) is 5.82 Å². The number of carbonyl (C=O) groups is 1. The van der Waals surface area contributed by atoms with Gasteiger partial charge >= 0.3 is 0 Å². The van der Waals surface area contributed by atoms with Crippen LogP contribution in [0.2, 0.25) is 0 Å². The molecule has 0 spiro atoms. The van der Waals surface area contributed by atoms with E-state index in [1.54, 1.807) is 24.5 Å². The van der Waals surface area contributed by atoms with Crippen LogP contribution < -0.4 is 10.6 Å². The van der Waals surface area contributed by atoms with Crippen molar-refractivity contribution in [2.75, 3.05) is 10.6 Å². The lowest BCUT2D eigenvalue weighted by atomic mass is 10.2. The average Bonchev–Trinajstić information content (AvgIpc) is 2.53. The molecule has 0 unspecified atom stereocenters. The van der Waals surface area contributed by atoms with E-state index in [1.807, 2.05) is 12.1 Å². The molecule has 2 N–H and O–H groups in total. The van der Waals surface area contributed by atoms with Crippen LogP contribution in [0.3, 0.4) is 0 Å². The Balaban J connectivity index is 1.83. The van der Waals surface area contributed by atoms with Gasteiger partial charge in [-0.15, -0.1) is 10.2 Å². The van der Waals surface area contributed by atoms with E-state index in [2.05, 4.69) is 32.7 Å². The second kappa shape index (κ2) is 7.94. The zero-order chi connectivity index (χ0) is 14.9. The molecule has 6 heteroatoms. The average molecular weight is 285 g/mol. The standard InChI is InChI=1S/C15H19N5O/c1-2-3-6-15(21)18-14-8-7-13(19-20-14)17-11-12-5-4-9-16-10-12/h4-5,7-10H,2-3,6,11H2,1H3,(H,17,19)(H,18,20,21). The fourth-order valence-corrected chi connectivity index (χ4v) is 1.73. The predicted molar refractivity (Wildman–Crippen MR) is 81.8 cm³/mol. The second-order valence-corrected chi connectivity index (χ2v) is 4.67. The third-order valence-corrected chi connectivity index (χ3v) is 2.89. The minimum Gasteiger partial charge on any atom is -0.364 e. The van der Waals surface area contributed by atoms with Gasteiger partial charge in [0, 0.05) is 25.4 Å². The van der Waals surface area contributed by atoms with Crippen molar-refractivity contribution in [3.05, 3.63) is 42.2 Å². The summed E-state index contributed by atoms with van der Waals surface area (Å²) in [5, 5.41) is 13.9. The molecule has 0 saturated carbocycles.